The van der Waals surface area contributed by atoms with Crippen molar-refractivity contribution in [3.8, 4) is 0 Å². The molecule has 2 heteroatoms. The zero-order valence-corrected chi connectivity index (χ0v) is 9.49. The summed E-state index contributed by atoms with van der Waals surface area (Å²) in [5.74, 6) is 3.40. The maximum atomic E-state index is 5.64. The van der Waals surface area contributed by atoms with Gasteiger partial charge in [-0.05, 0) is 37.2 Å². The Hall–Kier alpha value is 0.310. The molecule has 0 bridgehead atoms. The fourth-order valence-corrected chi connectivity index (χ4v) is 2.08. The zero-order valence-electron chi connectivity index (χ0n) is 8.68. The first-order valence-electron chi connectivity index (χ1n) is 4.96. The smallest absolute Gasteiger partial charge is 0.00183 e. The fourth-order valence-electron chi connectivity index (χ4n) is 0.965. The van der Waals surface area contributed by atoms with Gasteiger partial charge < -0.3 is 5.73 Å². The minimum atomic E-state index is 0.377. The first kappa shape index (κ1) is 12.3. The molecule has 1 unspecified atom stereocenters. The van der Waals surface area contributed by atoms with E-state index >= 15 is 0 Å². The van der Waals surface area contributed by atoms with Crippen LogP contribution >= 0.6 is 11.8 Å². The molecular formula is C10H23NS. The summed E-state index contributed by atoms with van der Waals surface area (Å²) in [5.41, 5.74) is 5.64. The van der Waals surface area contributed by atoms with E-state index in [0.29, 0.717) is 6.04 Å². The van der Waals surface area contributed by atoms with Gasteiger partial charge in [-0.2, -0.15) is 11.8 Å². The van der Waals surface area contributed by atoms with Crippen molar-refractivity contribution in [1.29, 1.82) is 0 Å². The number of hydrogen-bond donors (Lipinski definition) is 1. The van der Waals surface area contributed by atoms with E-state index in [9.17, 15) is 0 Å². The van der Waals surface area contributed by atoms with Crippen molar-refractivity contribution in [2.24, 2.45) is 11.7 Å². The van der Waals surface area contributed by atoms with Crippen LogP contribution in [-0.4, -0.2) is 17.5 Å². The van der Waals surface area contributed by atoms with Gasteiger partial charge in [0.1, 0.15) is 0 Å². The molecule has 0 rings (SSSR count). The Morgan fingerprint density at radius 2 is 1.75 bits per heavy atom. The van der Waals surface area contributed by atoms with Crippen molar-refractivity contribution in [3.63, 3.8) is 0 Å². The summed E-state index contributed by atoms with van der Waals surface area (Å²) in [6, 6.07) is 0.377. The number of nitrogens with two attached hydrogens (primary N) is 1. The Kier molecular flexibility index (Phi) is 8.14. The number of rotatable bonds is 7. The maximum Gasteiger partial charge on any atom is 0.00183 e. The molecule has 1 nitrogen and oxygen atoms in total. The van der Waals surface area contributed by atoms with Crippen LogP contribution in [0.25, 0.3) is 0 Å². The van der Waals surface area contributed by atoms with Crippen molar-refractivity contribution in [2.75, 3.05) is 11.5 Å². The van der Waals surface area contributed by atoms with E-state index in [1.807, 2.05) is 11.8 Å². The third-order valence-electron chi connectivity index (χ3n) is 1.79. The molecule has 0 spiro atoms. The Bertz CT molecular complexity index is 79.8. The van der Waals surface area contributed by atoms with Gasteiger partial charge in [-0.3, -0.25) is 0 Å². The minimum Gasteiger partial charge on any atom is -0.328 e. The highest BCUT2D eigenvalue weighted by atomic mass is 32.2. The van der Waals surface area contributed by atoms with Gasteiger partial charge in [-0.15, -0.1) is 0 Å². The first-order valence-corrected chi connectivity index (χ1v) is 6.11. The van der Waals surface area contributed by atoms with E-state index in [1.165, 1.54) is 24.3 Å². The van der Waals surface area contributed by atoms with Crippen LogP contribution in [0.4, 0.5) is 0 Å². The molecule has 0 aliphatic heterocycles. The van der Waals surface area contributed by atoms with Gasteiger partial charge in [0.2, 0.25) is 0 Å². The molecule has 0 heterocycles. The molecule has 1 atom stereocenters. The Labute approximate surface area is 81.5 Å². The highest BCUT2D eigenvalue weighted by molar-refractivity contribution is 7.99. The number of hydrogen-bond acceptors (Lipinski definition) is 2. The molecule has 0 saturated heterocycles. The maximum absolute atomic E-state index is 5.64. The van der Waals surface area contributed by atoms with Crippen molar-refractivity contribution in [1.82, 2.24) is 0 Å². The first-order chi connectivity index (χ1) is 5.63. The normalized spacial score (nSPS) is 13.8. The summed E-state index contributed by atoms with van der Waals surface area (Å²) in [6.07, 6.45) is 3.89. The molecule has 0 amide bonds. The lowest BCUT2D eigenvalue weighted by Crippen LogP contribution is -2.15. The van der Waals surface area contributed by atoms with Gasteiger partial charge in [0.25, 0.3) is 0 Å². The molecule has 0 aromatic carbocycles. The summed E-state index contributed by atoms with van der Waals surface area (Å²) < 4.78 is 0. The predicted octanol–water partition coefficient (Wildman–Crippen LogP) is 2.89. The second kappa shape index (κ2) is 7.93. The molecule has 0 saturated carbocycles. The van der Waals surface area contributed by atoms with Gasteiger partial charge in [0.05, 0.1) is 0 Å². The Morgan fingerprint density at radius 3 is 2.25 bits per heavy atom. The summed E-state index contributed by atoms with van der Waals surface area (Å²) >= 11 is 2.04. The second-order valence-electron chi connectivity index (χ2n) is 3.91. The minimum absolute atomic E-state index is 0.377. The van der Waals surface area contributed by atoms with Crippen LogP contribution in [-0.2, 0) is 0 Å². The topological polar surface area (TPSA) is 26.0 Å². The SMILES string of the molecule is CC(C)CCCSCCC(C)N. The monoisotopic (exact) mass is 189 g/mol. The molecule has 2 N–H and O–H groups in total. The molecule has 0 aliphatic carbocycles. The quantitative estimate of drug-likeness (QED) is 0.623. The summed E-state index contributed by atoms with van der Waals surface area (Å²) in [5, 5.41) is 0. The third-order valence-corrected chi connectivity index (χ3v) is 2.89. The molecular weight excluding hydrogens is 166 g/mol. The van der Waals surface area contributed by atoms with Crippen LogP contribution in [0.1, 0.15) is 40.0 Å². The molecule has 0 radical (unpaired) electrons. The van der Waals surface area contributed by atoms with E-state index < -0.39 is 0 Å². The standard InChI is InChI=1S/C10H23NS/c1-9(2)5-4-7-12-8-6-10(3)11/h9-10H,4-8,11H2,1-3H3. The van der Waals surface area contributed by atoms with Crippen LogP contribution in [0, 0.1) is 5.92 Å². The molecule has 74 valence electrons. The van der Waals surface area contributed by atoms with E-state index in [0.717, 1.165) is 12.3 Å². The average molecular weight is 189 g/mol. The van der Waals surface area contributed by atoms with Gasteiger partial charge >= 0.3 is 0 Å². The van der Waals surface area contributed by atoms with E-state index in [-0.39, 0.29) is 0 Å². The lowest BCUT2D eigenvalue weighted by Gasteiger charge is -2.05. The van der Waals surface area contributed by atoms with Crippen LogP contribution in [0.3, 0.4) is 0 Å². The van der Waals surface area contributed by atoms with Gasteiger partial charge in [-0.25, -0.2) is 0 Å². The summed E-state index contributed by atoms with van der Waals surface area (Å²) in [6.45, 7) is 6.65. The summed E-state index contributed by atoms with van der Waals surface area (Å²) in [7, 11) is 0. The molecule has 0 aromatic rings. The van der Waals surface area contributed by atoms with Crippen LogP contribution in [0.5, 0.6) is 0 Å². The third kappa shape index (κ3) is 10.3. The van der Waals surface area contributed by atoms with Crippen LogP contribution < -0.4 is 5.73 Å². The highest BCUT2D eigenvalue weighted by Gasteiger charge is 1.96. The molecule has 0 aromatic heterocycles. The fraction of sp³-hybridized carbons (Fsp3) is 1.00. The van der Waals surface area contributed by atoms with Crippen molar-refractivity contribution >= 4 is 11.8 Å². The van der Waals surface area contributed by atoms with Gasteiger partial charge in [0.15, 0.2) is 0 Å². The lowest BCUT2D eigenvalue weighted by molar-refractivity contribution is 0.579. The molecule has 0 fully saturated rings. The zero-order chi connectivity index (χ0) is 9.40. The second-order valence-corrected chi connectivity index (χ2v) is 5.14. The molecule has 0 aliphatic rings. The van der Waals surface area contributed by atoms with Gasteiger partial charge in [0, 0.05) is 6.04 Å². The Morgan fingerprint density at radius 1 is 1.08 bits per heavy atom. The van der Waals surface area contributed by atoms with E-state index in [4.69, 9.17) is 5.73 Å². The van der Waals surface area contributed by atoms with E-state index in [1.54, 1.807) is 0 Å². The lowest BCUT2D eigenvalue weighted by atomic mass is 10.1. The highest BCUT2D eigenvalue weighted by Crippen LogP contribution is 2.10. The van der Waals surface area contributed by atoms with Crippen molar-refractivity contribution < 1.29 is 0 Å². The van der Waals surface area contributed by atoms with E-state index in [2.05, 4.69) is 20.8 Å². The Balaban J connectivity index is 2.91. The largest absolute Gasteiger partial charge is 0.328 e. The van der Waals surface area contributed by atoms with Crippen molar-refractivity contribution in [3.05, 3.63) is 0 Å². The average Bonchev–Trinajstić information content (AvgIpc) is 1.95. The summed E-state index contributed by atoms with van der Waals surface area (Å²) in [4.78, 5) is 0. The number of thioether (sulfide) groups is 1. The van der Waals surface area contributed by atoms with Crippen molar-refractivity contribution in [2.45, 2.75) is 46.1 Å². The van der Waals surface area contributed by atoms with Gasteiger partial charge in [-0.1, -0.05) is 20.3 Å². The van der Waals surface area contributed by atoms with Crippen LogP contribution in [0.2, 0.25) is 0 Å². The predicted molar refractivity (Wildman–Crippen MR) is 59.7 cm³/mol. The van der Waals surface area contributed by atoms with Crippen LogP contribution in [0.15, 0.2) is 0 Å². The molecule has 12 heavy (non-hydrogen) atoms.